The lowest BCUT2D eigenvalue weighted by atomic mass is 9.88. The molecule has 2 aromatic rings. The van der Waals surface area contributed by atoms with Crippen molar-refractivity contribution in [1.82, 2.24) is 0 Å². The molecular weight excluding hydrogens is 369 g/mol. The number of nitrogen functional groups attached to an aromatic ring is 1. The quantitative estimate of drug-likeness (QED) is 0.666. The Labute approximate surface area is 163 Å². The predicted molar refractivity (Wildman–Crippen MR) is 108 cm³/mol. The summed E-state index contributed by atoms with van der Waals surface area (Å²) in [6.45, 7) is 0. The maximum Gasteiger partial charge on any atom is 0.255 e. The maximum absolute atomic E-state index is 14.1. The van der Waals surface area contributed by atoms with Gasteiger partial charge in [0.2, 0.25) is 5.91 Å². The number of hydrogen-bond acceptors (Lipinski definition) is 3. The van der Waals surface area contributed by atoms with Gasteiger partial charge in [-0.3, -0.25) is 9.59 Å². The van der Waals surface area contributed by atoms with Gasteiger partial charge in [-0.05, 0) is 55.3 Å². The fourth-order valence-electron chi connectivity index (χ4n) is 3.14. The summed E-state index contributed by atoms with van der Waals surface area (Å²) in [5.41, 5.74) is 7.11. The average Bonchev–Trinajstić information content (AvgIpc) is 2.65. The summed E-state index contributed by atoms with van der Waals surface area (Å²) in [6.07, 6.45) is 4.86. The zero-order valence-corrected chi connectivity index (χ0v) is 15.7. The SMILES string of the molecule is Cl.Nc1ccc(C(=O)Nc2ccc(F)c(NC(=O)C3CCCCC3)c2)cc1. The van der Waals surface area contributed by atoms with E-state index in [2.05, 4.69) is 10.6 Å². The van der Waals surface area contributed by atoms with E-state index in [-0.39, 0.29) is 35.8 Å². The number of anilines is 3. The molecule has 1 aliphatic carbocycles. The van der Waals surface area contributed by atoms with Gasteiger partial charge in [-0.1, -0.05) is 19.3 Å². The smallest absolute Gasteiger partial charge is 0.255 e. The first kappa shape index (κ1) is 20.7. The molecule has 1 aliphatic rings. The van der Waals surface area contributed by atoms with Crippen molar-refractivity contribution >= 4 is 41.3 Å². The first-order valence-electron chi connectivity index (χ1n) is 8.80. The van der Waals surface area contributed by atoms with Gasteiger partial charge < -0.3 is 16.4 Å². The molecule has 0 aromatic heterocycles. The highest BCUT2D eigenvalue weighted by molar-refractivity contribution is 6.05. The van der Waals surface area contributed by atoms with Crippen LogP contribution in [0.1, 0.15) is 42.5 Å². The highest BCUT2D eigenvalue weighted by Crippen LogP contribution is 2.26. The van der Waals surface area contributed by atoms with Crippen molar-refractivity contribution in [3.8, 4) is 0 Å². The molecule has 1 fully saturated rings. The summed E-state index contributed by atoms with van der Waals surface area (Å²) in [7, 11) is 0. The van der Waals surface area contributed by atoms with Crippen molar-refractivity contribution in [2.75, 3.05) is 16.4 Å². The predicted octanol–water partition coefficient (Wildman–Crippen LogP) is 4.60. The van der Waals surface area contributed by atoms with E-state index in [1.54, 1.807) is 24.3 Å². The number of rotatable bonds is 4. The van der Waals surface area contributed by atoms with Gasteiger partial charge in [0.15, 0.2) is 0 Å². The largest absolute Gasteiger partial charge is 0.399 e. The molecule has 0 heterocycles. The zero-order chi connectivity index (χ0) is 18.5. The van der Waals surface area contributed by atoms with E-state index in [1.165, 1.54) is 18.2 Å². The molecule has 0 bridgehead atoms. The molecule has 0 atom stereocenters. The van der Waals surface area contributed by atoms with Crippen LogP contribution < -0.4 is 16.4 Å². The molecule has 3 rings (SSSR count). The van der Waals surface area contributed by atoms with Crippen LogP contribution in [-0.2, 0) is 4.79 Å². The minimum atomic E-state index is -0.528. The molecule has 144 valence electrons. The fraction of sp³-hybridized carbons (Fsp3) is 0.300. The summed E-state index contributed by atoms with van der Waals surface area (Å²) in [6, 6.07) is 10.6. The van der Waals surface area contributed by atoms with Crippen LogP contribution in [0.5, 0.6) is 0 Å². The number of benzene rings is 2. The zero-order valence-electron chi connectivity index (χ0n) is 14.8. The van der Waals surface area contributed by atoms with Crippen LogP contribution in [-0.4, -0.2) is 11.8 Å². The normalized spacial score (nSPS) is 14.1. The lowest BCUT2D eigenvalue weighted by Crippen LogP contribution is -2.25. The Bertz CT molecular complexity index is 805. The summed E-state index contributed by atoms with van der Waals surface area (Å²) >= 11 is 0. The second-order valence-electron chi connectivity index (χ2n) is 6.59. The third kappa shape index (κ3) is 5.44. The molecule has 0 spiro atoms. The number of hydrogen-bond donors (Lipinski definition) is 3. The van der Waals surface area contributed by atoms with E-state index in [0.29, 0.717) is 16.9 Å². The Morgan fingerprint density at radius 2 is 1.63 bits per heavy atom. The summed E-state index contributed by atoms with van der Waals surface area (Å²) in [5, 5.41) is 5.36. The van der Waals surface area contributed by atoms with Crippen molar-refractivity contribution in [2.24, 2.45) is 5.92 Å². The Balaban J connectivity index is 0.00000261. The molecule has 0 unspecified atom stereocenters. The number of halogens is 2. The highest BCUT2D eigenvalue weighted by Gasteiger charge is 2.22. The van der Waals surface area contributed by atoms with Crippen LogP contribution in [0.25, 0.3) is 0 Å². The van der Waals surface area contributed by atoms with E-state index in [0.717, 1.165) is 32.1 Å². The molecule has 2 amide bonds. The molecule has 7 heteroatoms. The Kier molecular flexibility index (Phi) is 7.19. The lowest BCUT2D eigenvalue weighted by molar-refractivity contribution is -0.120. The second kappa shape index (κ2) is 9.37. The van der Waals surface area contributed by atoms with Gasteiger partial charge in [0.05, 0.1) is 5.69 Å². The molecule has 5 nitrogen and oxygen atoms in total. The Morgan fingerprint density at radius 1 is 0.963 bits per heavy atom. The van der Waals surface area contributed by atoms with Crippen LogP contribution >= 0.6 is 12.4 Å². The van der Waals surface area contributed by atoms with Crippen molar-refractivity contribution in [1.29, 1.82) is 0 Å². The van der Waals surface area contributed by atoms with Gasteiger partial charge in [-0.25, -0.2) is 4.39 Å². The monoisotopic (exact) mass is 391 g/mol. The van der Waals surface area contributed by atoms with Crippen molar-refractivity contribution in [3.63, 3.8) is 0 Å². The van der Waals surface area contributed by atoms with Gasteiger partial charge in [0.1, 0.15) is 5.82 Å². The van der Waals surface area contributed by atoms with E-state index in [4.69, 9.17) is 5.73 Å². The van der Waals surface area contributed by atoms with E-state index in [1.807, 2.05) is 0 Å². The van der Waals surface area contributed by atoms with E-state index < -0.39 is 5.82 Å². The van der Waals surface area contributed by atoms with Gasteiger partial charge in [-0.15, -0.1) is 12.4 Å². The minimum absolute atomic E-state index is 0. The number of carbonyl (C=O) groups is 2. The average molecular weight is 392 g/mol. The van der Waals surface area contributed by atoms with Crippen molar-refractivity contribution in [2.45, 2.75) is 32.1 Å². The summed E-state index contributed by atoms with van der Waals surface area (Å²) < 4.78 is 14.1. The third-order valence-electron chi connectivity index (χ3n) is 4.63. The number of carbonyl (C=O) groups excluding carboxylic acids is 2. The molecular formula is C20H23ClFN3O2. The molecule has 0 radical (unpaired) electrons. The molecule has 2 aromatic carbocycles. The van der Waals surface area contributed by atoms with Crippen molar-refractivity contribution in [3.05, 3.63) is 53.8 Å². The van der Waals surface area contributed by atoms with Gasteiger partial charge in [0, 0.05) is 22.9 Å². The fourth-order valence-corrected chi connectivity index (χ4v) is 3.14. The Morgan fingerprint density at radius 3 is 2.30 bits per heavy atom. The maximum atomic E-state index is 14.1. The van der Waals surface area contributed by atoms with Crippen LogP contribution in [0.3, 0.4) is 0 Å². The van der Waals surface area contributed by atoms with Gasteiger partial charge in [-0.2, -0.15) is 0 Å². The lowest BCUT2D eigenvalue weighted by Gasteiger charge is -2.21. The van der Waals surface area contributed by atoms with Crippen LogP contribution in [0.4, 0.5) is 21.5 Å². The molecule has 0 saturated heterocycles. The first-order chi connectivity index (χ1) is 12.5. The minimum Gasteiger partial charge on any atom is -0.399 e. The first-order valence-corrected chi connectivity index (χ1v) is 8.80. The number of amides is 2. The van der Waals surface area contributed by atoms with Crippen molar-refractivity contribution < 1.29 is 14.0 Å². The van der Waals surface area contributed by atoms with Crippen LogP contribution in [0.15, 0.2) is 42.5 Å². The third-order valence-corrected chi connectivity index (χ3v) is 4.63. The van der Waals surface area contributed by atoms with Gasteiger partial charge in [0.25, 0.3) is 5.91 Å². The molecule has 27 heavy (non-hydrogen) atoms. The van der Waals surface area contributed by atoms with E-state index >= 15 is 0 Å². The van der Waals surface area contributed by atoms with E-state index in [9.17, 15) is 14.0 Å². The molecule has 1 saturated carbocycles. The highest BCUT2D eigenvalue weighted by atomic mass is 35.5. The van der Waals surface area contributed by atoms with Crippen LogP contribution in [0.2, 0.25) is 0 Å². The number of nitrogens with two attached hydrogens (primary N) is 1. The number of nitrogens with one attached hydrogen (secondary N) is 2. The molecule has 4 N–H and O–H groups in total. The standard InChI is InChI=1S/C20H22FN3O2.ClH/c21-17-11-10-16(23-19(25)14-6-8-15(22)9-7-14)12-18(17)24-20(26)13-4-2-1-3-5-13;/h6-13H,1-5,22H2,(H,23,25)(H,24,26);1H. The summed E-state index contributed by atoms with van der Waals surface area (Å²) in [5.74, 6) is -1.09. The molecule has 0 aliphatic heterocycles. The summed E-state index contributed by atoms with van der Waals surface area (Å²) in [4.78, 5) is 24.6. The van der Waals surface area contributed by atoms with Gasteiger partial charge >= 0.3 is 0 Å². The second-order valence-corrected chi connectivity index (χ2v) is 6.59. The van der Waals surface area contributed by atoms with Crippen LogP contribution in [0, 0.1) is 11.7 Å². The Hall–Kier alpha value is -2.60. The topological polar surface area (TPSA) is 84.2 Å².